The van der Waals surface area contributed by atoms with E-state index < -0.39 is 0 Å². The third kappa shape index (κ3) is 4.36. The SMILES string of the molecule is Cl.Cl.O=C(Nc1ccc(Cn2cnc3ccccc32)cc1)C1CCCN1. The minimum absolute atomic E-state index is 0. The summed E-state index contributed by atoms with van der Waals surface area (Å²) in [6.45, 7) is 1.69. The molecule has 0 spiro atoms. The summed E-state index contributed by atoms with van der Waals surface area (Å²) >= 11 is 0. The van der Waals surface area contributed by atoms with E-state index in [9.17, 15) is 4.79 Å². The van der Waals surface area contributed by atoms with Crippen LogP contribution >= 0.6 is 24.8 Å². The van der Waals surface area contributed by atoms with Crippen molar-refractivity contribution in [1.29, 1.82) is 0 Å². The van der Waals surface area contributed by atoms with Gasteiger partial charge in [-0.25, -0.2) is 4.98 Å². The molecular weight excluding hydrogens is 371 g/mol. The second-order valence-electron chi connectivity index (χ2n) is 6.20. The number of fused-ring (bicyclic) bond motifs is 1. The van der Waals surface area contributed by atoms with E-state index in [1.807, 2.05) is 48.8 Å². The van der Waals surface area contributed by atoms with Crippen molar-refractivity contribution in [3.63, 3.8) is 0 Å². The first-order chi connectivity index (χ1) is 11.8. The van der Waals surface area contributed by atoms with Crippen LogP contribution in [0.3, 0.4) is 0 Å². The van der Waals surface area contributed by atoms with E-state index in [-0.39, 0.29) is 36.8 Å². The number of hydrogen-bond acceptors (Lipinski definition) is 3. The second-order valence-corrected chi connectivity index (χ2v) is 6.20. The van der Waals surface area contributed by atoms with Crippen LogP contribution in [0.2, 0.25) is 0 Å². The maximum Gasteiger partial charge on any atom is 0.241 e. The minimum Gasteiger partial charge on any atom is -0.326 e. The predicted octanol–water partition coefficient (Wildman–Crippen LogP) is 3.62. The molecule has 2 N–H and O–H groups in total. The van der Waals surface area contributed by atoms with Crippen LogP contribution in [0.4, 0.5) is 5.69 Å². The summed E-state index contributed by atoms with van der Waals surface area (Å²) in [6, 6.07) is 16.1. The number of halogens is 2. The molecule has 0 bridgehead atoms. The molecule has 1 aromatic heterocycles. The topological polar surface area (TPSA) is 59.0 Å². The minimum atomic E-state index is -0.0537. The second kappa shape index (κ2) is 9.03. The van der Waals surface area contributed by atoms with Crippen LogP contribution in [0.1, 0.15) is 18.4 Å². The van der Waals surface area contributed by atoms with Crippen molar-refractivity contribution < 1.29 is 4.79 Å². The Hall–Kier alpha value is -2.08. The molecule has 26 heavy (non-hydrogen) atoms. The number of para-hydroxylation sites is 2. The van der Waals surface area contributed by atoms with E-state index >= 15 is 0 Å². The Morgan fingerprint density at radius 3 is 2.65 bits per heavy atom. The average Bonchev–Trinajstić information content (AvgIpc) is 3.27. The van der Waals surface area contributed by atoms with Crippen molar-refractivity contribution in [3.05, 3.63) is 60.4 Å². The number of anilines is 1. The zero-order valence-electron chi connectivity index (χ0n) is 14.2. The molecule has 1 saturated heterocycles. The molecular formula is C19H22Cl2N4O. The Bertz CT molecular complexity index is 857. The standard InChI is InChI=1S/C19H20N4O.2ClH/c24-19(17-5-3-11-20-17)22-15-9-7-14(8-10-15)12-23-13-21-16-4-1-2-6-18(16)23;;/h1-2,4,6-10,13,17,20H,3,5,11-12H2,(H,22,24);2*1H. The van der Waals surface area contributed by atoms with Crippen molar-refractivity contribution in [2.24, 2.45) is 0 Å². The fourth-order valence-corrected chi connectivity index (χ4v) is 3.16. The van der Waals surface area contributed by atoms with Gasteiger partial charge in [0, 0.05) is 12.2 Å². The smallest absolute Gasteiger partial charge is 0.241 e. The van der Waals surface area contributed by atoms with Crippen molar-refractivity contribution in [2.75, 3.05) is 11.9 Å². The Labute approximate surface area is 165 Å². The van der Waals surface area contributed by atoms with Gasteiger partial charge in [-0.3, -0.25) is 4.79 Å². The number of carbonyl (C=O) groups excluding carboxylic acids is 1. The third-order valence-electron chi connectivity index (χ3n) is 4.48. The lowest BCUT2D eigenvalue weighted by atomic mass is 10.1. The van der Waals surface area contributed by atoms with E-state index in [1.54, 1.807) is 0 Å². The number of amides is 1. The Morgan fingerprint density at radius 1 is 1.15 bits per heavy atom. The highest BCUT2D eigenvalue weighted by molar-refractivity contribution is 5.95. The lowest BCUT2D eigenvalue weighted by Crippen LogP contribution is -2.35. The van der Waals surface area contributed by atoms with Gasteiger partial charge < -0.3 is 15.2 Å². The summed E-state index contributed by atoms with van der Waals surface area (Å²) in [6.07, 6.45) is 3.85. The number of imidazole rings is 1. The first kappa shape index (κ1) is 20.2. The highest BCUT2D eigenvalue weighted by Crippen LogP contribution is 2.16. The molecule has 0 saturated carbocycles. The van der Waals surface area contributed by atoms with Crippen LogP contribution in [-0.2, 0) is 11.3 Å². The van der Waals surface area contributed by atoms with Gasteiger partial charge in [0.25, 0.3) is 0 Å². The molecule has 1 atom stereocenters. The predicted molar refractivity (Wildman–Crippen MR) is 109 cm³/mol. The van der Waals surface area contributed by atoms with Crippen molar-refractivity contribution in [1.82, 2.24) is 14.9 Å². The van der Waals surface area contributed by atoms with Crippen LogP contribution in [0.5, 0.6) is 0 Å². The van der Waals surface area contributed by atoms with Gasteiger partial charge in [0.05, 0.1) is 23.4 Å². The van der Waals surface area contributed by atoms with Gasteiger partial charge in [-0.2, -0.15) is 0 Å². The van der Waals surface area contributed by atoms with E-state index in [1.165, 1.54) is 5.56 Å². The first-order valence-electron chi connectivity index (χ1n) is 8.33. The molecule has 1 fully saturated rings. The molecule has 2 aromatic carbocycles. The molecule has 5 nitrogen and oxygen atoms in total. The first-order valence-corrected chi connectivity index (χ1v) is 8.33. The number of nitrogens with zero attached hydrogens (tertiary/aromatic N) is 2. The molecule has 1 aliphatic heterocycles. The largest absolute Gasteiger partial charge is 0.326 e. The third-order valence-corrected chi connectivity index (χ3v) is 4.48. The molecule has 0 aliphatic carbocycles. The van der Waals surface area contributed by atoms with Gasteiger partial charge in [0.1, 0.15) is 0 Å². The number of rotatable bonds is 4. The van der Waals surface area contributed by atoms with E-state index in [0.717, 1.165) is 42.7 Å². The molecule has 2 heterocycles. The molecule has 1 unspecified atom stereocenters. The fourth-order valence-electron chi connectivity index (χ4n) is 3.16. The van der Waals surface area contributed by atoms with Crippen LogP contribution in [0.15, 0.2) is 54.9 Å². The Balaban J connectivity index is 0.00000121. The summed E-state index contributed by atoms with van der Waals surface area (Å²) in [5, 5.41) is 6.19. The Morgan fingerprint density at radius 2 is 1.92 bits per heavy atom. The van der Waals surface area contributed by atoms with Crippen molar-refractivity contribution >= 4 is 47.4 Å². The van der Waals surface area contributed by atoms with Gasteiger partial charge in [-0.05, 0) is 49.2 Å². The maximum atomic E-state index is 12.1. The molecule has 3 aromatic rings. The van der Waals surface area contributed by atoms with Crippen LogP contribution in [0, 0.1) is 0 Å². The van der Waals surface area contributed by atoms with Gasteiger partial charge in [-0.1, -0.05) is 24.3 Å². The van der Waals surface area contributed by atoms with Gasteiger partial charge in [0.15, 0.2) is 0 Å². The summed E-state index contributed by atoms with van der Waals surface area (Å²) in [4.78, 5) is 16.5. The molecule has 138 valence electrons. The molecule has 1 amide bonds. The van der Waals surface area contributed by atoms with E-state index in [4.69, 9.17) is 0 Å². The lowest BCUT2D eigenvalue weighted by molar-refractivity contribution is -0.117. The number of aromatic nitrogens is 2. The summed E-state index contributed by atoms with van der Waals surface area (Å²) in [7, 11) is 0. The normalized spacial score (nSPS) is 15.9. The number of nitrogens with one attached hydrogen (secondary N) is 2. The molecule has 1 aliphatic rings. The zero-order valence-corrected chi connectivity index (χ0v) is 15.9. The van der Waals surface area contributed by atoms with E-state index in [0.29, 0.717) is 0 Å². The monoisotopic (exact) mass is 392 g/mol. The van der Waals surface area contributed by atoms with Crippen LogP contribution in [-0.4, -0.2) is 28.0 Å². The molecule has 4 rings (SSSR count). The summed E-state index contributed by atoms with van der Waals surface area (Å²) in [5.41, 5.74) is 4.15. The number of benzene rings is 2. The van der Waals surface area contributed by atoms with E-state index in [2.05, 4.69) is 26.3 Å². The number of carbonyl (C=O) groups is 1. The maximum absolute atomic E-state index is 12.1. The molecule has 0 radical (unpaired) electrons. The number of hydrogen-bond donors (Lipinski definition) is 2. The van der Waals surface area contributed by atoms with Gasteiger partial charge in [0.2, 0.25) is 5.91 Å². The highest BCUT2D eigenvalue weighted by atomic mass is 35.5. The summed E-state index contributed by atoms with van der Waals surface area (Å²) < 4.78 is 2.13. The van der Waals surface area contributed by atoms with Crippen LogP contribution in [0.25, 0.3) is 11.0 Å². The summed E-state index contributed by atoms with van der Waals surface area (Å²) in [5.74, 6) is 0.0563. The highest BCUT2D eigenvalue weighted by Gasteiger charge is 2.21. The molecule has 7 heteroatoms. The van der Waals surface area contributed by atoms with Crippen molar-refractivity contribution in [3.8, 4) is 0 Å². The van der Waals surface area contributed by atoms with Gasteiger partial charge >= 0.3 is 0 Å². The van der Waals surface area contributed by atoms with Crippen LogP contribution < -0.4 is 10.6 Å². The average molecular weight is 393 g/mol. The van der Waals surface area contributed by atoms with Crippen molar-refractivity contribution in [2.45, 2.75) is 25.4 Å². The van der Waals surface area contributed by atoms with Gasteiger partial charge in [-0.15, -0.1) is 24.8 Å². The Kier molecular flexibility index (Phi) is 7.03. The zero-order chi connectivity index (χ0) is 16.4. The fraction of sp³-hybridized carbons (Fsp3) is 0.263. The quantitative estimate of drug-likeness (QED) is 0.712. The lowest BCUT2D eigenvalue weighted by Gasteiger charge is -2.11.